The zero-order valence-corrected chi connectivity index (χ0v) is 18.3. The van der Waals surface area contributed by atoms with E-state index in [-0.39, 0.29) is 36.4 Å². The van der Waals surface area contributed by atoms with E-state index in [2.05, 4.69) is 36.1 Å². The van der Waals surface area contributed by atoms with Crippen molar-refractivity contribution in [1.29, 1.82) is 0 Å². The van der Waals surface area contributed by atoms with Crippen LogP contribution in [0, 0.1) is 11.3 Å². The minimum atomic E-state index is 0. The maximum Gasteiger partial charge on any atom is 0.243 e. The van der Waals surface area contributed by atoms with Crippen molar-refractivity contribution >= 4 is 35.8 Å². The molecule has 1 rings (SSSR count). The summed E-state index contributed by atoms with van der Waals surface area (Å²) >= 11 is 0. The van der Waals surface area contributed by atoms with E-state index in [1.165, 1.54) is 25.7 Å². The van der Waals surface area contributed by atoms with E-state index in [1.807, 2.05) is 6.92 Å². The number of likely N-dealkylation sites (N-methyl/N-ethyl adjacent to an activating group) is 1. The Balaban J connectivity index is 0.00000529. The first-order chi connectivity index (χ1) is 10.7. The molecule has 5 nitrogen and oxygen atoms in total. The fourth-order valence-electron chi connectivity index (χ4n) is 2.60. The molecule has 0 saturated heterocycles. The van der Waals surface area contributed by atoms with E-state index in [4.69, 9.17) is 0 Å². The number of carbonyl (C=O) groups is 1. The largest absolute Gasteiger partial charge is 0.356 e. The van der Waals surface area contributed by atoms with Crippen LogP contribution in [0.2, 0.25) is 0 Å². The normalized spacial score (nSPS) is 17.6. The molecule has 1 fully saturated rings. The first-order valence-electron chi connectivity index (χ1n) is 8.56. The van der Waals surface area contributed by atoms with Crippen LogP contribution in [0.25, 0.3) is 0 Å². The quantitative estimate of drug-likeness (QED) is 0.283. The lowest BCUT2D eigenvalue weighted by Crippen LogP contribution is -2.42. The Kier molecular flexibility index (Phi) is 10.6. The standard InChI is InChI=1S/C18H34N4O.HI/c1-14(2)11-19-17(21-13-16(23)22(5)6)20-12-15-7-9-18(3,4)10-8-15;/h15H,1,7-13H2,2-6H3,(H2,19,20,21);1H. The van der Waals surface area contributed by atoms with Gasteiger partial charge in [-0.3, -0.25) is 4.79 Å². The smallest absolute Gasteiger partial charge is 0.243 e. The minimum Gasteiger partial charge on any atom is -0.356 e. The number of hydrogen-bond donors (Lipinski definition) is 2. The number of carbonyl (C=O) groups excluding carboxylic acids is 1. The second-order valence-electron chi connectivity index (χ2n) is 7.75. The Bertz CT molecular complexity index is 436. The van der Waals surface area contributed by atoms with Crippen molar-refractivity contribution in [2.45, 2.75) is 46.5 Å². The molecule has 1 aliphatic rings. The van der Waals surface area contributed by atoms with Crippen LogP contribution in [0.1, 0.15) is 46.5 Å². The summed E-state index contributed by atoms with van der Waals surface area (Å²) in [5.41, 5.74) is 1.53. The Morgan fingerprint density at radius 1 is 1.25 bits per heavy atom. The molecular weight excluding hydrogens is 415 g/mol. The molecule has 1 amide bonds. The van der Waals surface area contributed by atoms with Gasteiger partial charge in [-0.05, 0) is 43.9 Å². The van der Waals surface area contributed by atoms with Gasteiger partial charge in [0.2, 0.25) is 5.91 Å². The molecule has 0 aromatic carbocycles. The van der Waals surface area contributed by atoms with Crippen LogP contribution in [0.5, 0.6) is 0 Å². The van der Waals surface area contributed by atoms with Gasteiger partial charge in [0.05, 0.1) is 0 Å². The predicted molar refractivity (Wildman–Crippen MR) is 113 cm³/mol. The van der Waals surface area contributed by atoms with Crippen LogP contribution in [0.4, 0.5) is 0 Å². The molecule has 0 heterocycles. The molecule has 0 aromatic heterocycles. The van der Waals surface area contributed by atoms with Crippen molar-refractivity contribution in [3.05, 3.63) is 12.2 Å². The topological polar surface area (TPSA) is 56.7 Å². The maximum absolute atomic E-state index is 11.7. The van der Waals surface area contributed by atoms with Crippen molar-refractivity contribution in [3.8, 4) is 0 Å². The van der Waals surface area contributed by atoms with Crippen LogP contribution in [0.3, 0.4) is 0 Å². The summed E-state index contributed by atoms with van der Waals surface area (Å²) in [7, 11) is 3.49. The highest BCUT2D eigenvalue weighted by Gasteiger charge is 2.26. The molecule has 140 valence electrons. The van der Waals surface area contributed by atoms with E-state index in [0.29, 0.717) is 23.8 Å². The third-order valence-corrected chi connectivity index (χ3v) is 4.45. The van der Waals surface area contributed by atoms with Crippen LogP contribution in [-0.2, 0) is 4.79 Å². The van der Waals surface area contributed by atoms with Crippen LogP contribution < -0.4 is 10.6 Å². The molecule has 6 heteroatoms. The van der Waals surface area contributed by atoms with Gasteiger partial charge in [0, 0.05) is 27.2 Å². The SMILES string of the molecule is C=C(C)CNC(=NCC(=O)N(C)C)NCC1CCC(C)(C)CC1.I. The van der Waals surface area contributed by atoms with Crippen LogP contribution >= 0.6 is 24.0 Å². The number of rotatable bonds is 6. The summed E-state index contributed by atoms with van der Waals surface area (Å²) in [5.74, 6) is 1.39. The Morgan fingerprint density at radius 3 is 2.33 bits per heavy atom. The number of halogens is 1. The average molecular weight is 450 g/mol. The molecule has 0 unspecified atom stereocenters. The van der Waals surface area contributed by atoms with E-state index < -0.39 is 0 Å². The lowest BCUT2D eigenvalue weighted by molar-refractivity contribution is -0.127. The number of guanidine groups is 1. The Labute approximate surface area is 164 Å². The van der Waals surface area contributed by atoms with Crippen molar-refractivity contribution in [3.63, 3.8) is 0 Å². The third kappa shape index (κ3) is 9.49. The Hall–Kier alpha value is -0.790. The van der Waals surface area contributed by atoms with Crippen molar-refractivity contribution < 1.29 is 4.79 Å². The summed E-state index contributed by atoms with van der Waals surface area (Å²) < 4.78 is 0. The molecule has 0 atom stereocenters. The van der Waals surface area contributed by atoms with E-state index in [1.54, 1.807) is 19.0 Å². The average Bonchev–Trinajstić information content (AvgIpc) is 2.47. The molecule has 0 bridgehead atoms. The first kappa shape index (κ1) is 23.2. The molecular formula is C18H35IN4O. The van der Waals surface area contributed by atoms with E-state index >= 15 is 0 Å². The first-order valence-corrected chi connectivity index (χ1v) is 8.56. The highest BCUT2D eigenvalue weighted by Crippen LogP contribution is 2.37. The molecule has 0 aromatic rings. The lowest BCUT2D eigenvalue weighted by atomic mass is 9.73. The summed E-state index contributed by atoms with van der Waals surface area (Å²) in [6.07, 6.45) is 5.07. The lowest BCUT2D eigenvalue weighted by Gasteiger charge is -2.34. The second kappa shape index (κ2) is 10.9. The molecule has 1 aliphatic carbocycles. The van der Waals surface area contributed by atoms with Gasteiger partial charge in [0.15, 0.2) is 5.96 Å². The number of nitrogens with one attached hydrogen (secondary N) is 2. The van der Waals surface area contributed by atoms with Crippen molar-refractivity contribution in [2.24, 2.45) is 16.3 Å². The van der Waals surface area contributed by atoms with Gasteiger partial charge in [-0.15, -0.1) is 24.0 Å². The summed E-state index contributed by atoms with van der Waals surface area (Å²) in [4.78, 5) is 17.7. The van der Waals surface area contributed by atoms with Gasteiger partial charge in [0.25, 0.3) is 0 Å². The maximum atomic E-state index is 11.7. The van der Waals surface area contributed by atoms with Crippen LogP contribution in [0.15, 0.2) is 17.1 Å². The molecule has 0 radical (unpaired) electrons. The van der Waals surface area contributed by atoms with Gasteiger partial charge < -0.3 is 15.5 Å². The Morgan fingerprint density at radius 2 is 1.83 bits per heavy atom. The molecule has 0 spiro atoms. The van der Waals surface area contributed by atoms with E-state index in [0.717, 1.165) is 12.1 Å². The number of aliphatic imine (C=N–C) groups is 1. The zero-order chi connectivity index (χ0) is 17.5. The predicted octanol–water partition coefficient (Wildman–Crippen LogP) is 3.02. The van der Waals surface area contributed by atoms with Crippen LogP contribution in [-0.4, -0.2) is 50.5 Å². The molecule has 24 heavy (non-hydrogen) atoms. The zero-order valence-electron chi connectivity index (χ0n) is 15.9. The summed E-state index contributed by atoms with van der Waals surface area (Å²) in [6, 6.07) is 0. The molecule has 1 saturated carbocycles. The number of nitrogens with zero attached hydrogens (tertiary/aromatic N) is 2. The number of amides is 1. The van der Waals surface area contributed by atoms with Gasteiger partial charge in [-0.1, -0.05) is 26.0 Å². The van der Waals surface area contributed by atoms with Gasteiger partial charge >= 0.3 is 0 Å². The second-order valence-corrected chi connectivity index (χ2v) is 7.75. The highest BCUT2D eigenvalue weighted by molar-refractivity contribution is 14.0. The van der Waals surface area contributed by atoms with Gasteiger partial charge in [-0.2, -0.15) is 0 Å². The van der Waals surface area contributed by atoms with Crippen molar-refractivity contribution in [1.82, 2.24) is 15.5 Å². The monoisotopic (exact) mass is 450 g/mol. The fraction of sp³-hybridized carbons (Fsp3) is 0.778. The minimum absolute atomic E-state index is 0. The summed E-state index contributed by atoms with van der Waals surface area (Å²) in [5, 5.41) is 6.63. The fourth-order valence-corrected chi connectivity index (χ4v) is 2.60. The molecule has 0 aliphatic heterocycles. The van der Waals surface area contributed by atoms with Gasteiger partial charge in [-0.25, -0.2) is 4.99 Å². The van der Waals surface area contributed by atoms with E-state index in [9.17, 15) is 4.79 Å². The van der Waals surface area contributed by atoms with Crippen molar-refractivity contribution in [2.75, 3.05) is 33.7 Å². The number of hydrogen-bond acceptors (Lipinski definition) is 2. The highest BCUT2D eigenvalue weighted by atomic mass is 127. The molecule has 2 N–H and O–H groups in total. The van der Waals surface area contributed by atoms with Gasteiger partial charge in [0.1, 0.15) is 6.54 Å². The third-order valence-electron chi connectivity index (χ3n) is 4.45. The summed E-state index contributed by atoms with van der Waals surface area (Å²) in [6.45, 7) is 12.3.